The molecule has 2 fully saturated rings. The number of nitrogens with zero attached hydrogens (tertiary/aromatic N) is 2. The van der Waals surface area contributed by atoms with E-state index in [1.807, 2.05) is 0 Å². The molecule has 1 saturated heterocycles. The molecule has 1 atom stereocenters. The first-order valence-electron chi connectivity index (χ1n) is 7.56. The number of hydrogen-bond acceptors (Lipinski definition) is 4. The van der Waals surface area contributed by atoms with Gasteiger partial charge in [0.15, 0.2) is 0 Å². The third-order valence-electron chi connectivity index (χ3n) is 4.25. The van der Waals surface area contributed by atoms with E-state index in [1.165, 1.54) is 18.9 Å². The Morgan fingerprint density at radius 1 is 1.33 bits per heavy atom. The van der Waals surface area contributed by atoms with Gasteiger partial charge in [-0.05, 0) is 50.3 Å². The van der Waals surface area contributed by atoms with Gasteiger partial charge in [0.05, 0.1) is 11.0 Å². The number of benzene rings is 1. The molecule has 3 rings (SSSR count). The van der Waals surface area contributed by atoms with Crippen molar-refractivity contribution >= 4 is 11.4 Å². The Labute approximate surface area is 123 Å². The summed E-state index contributed by atoms with van der Waals surface area (Å²) in [6, 6.07) is 4.25. The Kier molecular flexibility index (Phi) is 4.05. The second-order valence-corrected chi connectivity index (χ2v) is 6.03. The molecule has 0 bridgehead atoms. The van der Waals surface area contributed by atoms with Crippen LogP contribution in [0.3, 0.4) is 0 Å². The molecule has 0 aromatic heterocycles. The largest absolute Gasteiger partial charge is 0.364 e. The number of nitrogens with one attached hydrogen (secondary N) is 1. The zero-order valence-corrected chi connectivity index (χ0v) is 11.9. The lowest BCUT2D eigenvalue weighted by atomic mass is 10.1. The molecule has 5 nitrogen and oxygen atoms in total. The molecule has 1 unspecified atom stereocenters. The minimum absolute atomic E-state index is 0.131. The van der Waals surface area contributed by atoms with E-state index >= 15 is 0 Å². The Morgan fingerprint density at radius 2 is 2.14 bits per heavy atom. The number of halogens is 1. The van der Waals surface area contributed by atoms with Crippen LogP contribution in [0.25, 0.3) is 0 Å². The summed E-state index contributed by atoms with van der Waals surface area (Å²) in [5.41, 5.74) is 0.413. The highest BCUT2D eigenvalue weighted by Crippen LogP contribution is 2.35. The Hall–Kier alpha value is -1.69. The summed E-state index contributed by atoms with van der Waals surface area (Å²) in [6.07, 6.45) is 4.61. The van der Waals surface area contributed by atoms with E-state index in [0.717, 1.165) is 38.5 Å². The topological polar surface area (TPSA) is 58.4 Å². The van der Waals surface area contributed by atoms with Crippen molar-refractivity contribution in [1.29, 1.82) is 0 Å². The SMILES string of the molecule is O=[N+]([O-])c1cc(F)ccc1N(CC1CC1)CC1CCCN1. The molecule has 21 heavy (non-hydrogen) atoms. The molecule has 0 spiro atoms. The molecule has 114 valence electrons. The van der Waals surface area contributed by atoms with E-state index < -0.39 is 10.7 Å². The summed E-state index contributed by atoms with van der Waals surface area (Å²) in [7, 11) is 0. The van der Waals surface area contributed by atoms with Gasteiger partial charge in [-0.3, -0.25) is 10.1 Å². The molecule has 1 aliphatic heterocycles. The average molecular weight is 293 g/mol. The molecular formula is C15H20FN3O2. The predicted octanol–water partition coefficient (Wildman–Crippen LogP) is 2.70. The Morgan fingerprint density at radius 3 is 2.76 bits per heavy atom. The predicted molar refractivity (Wildman–Crippen MR) is 79.0 cm³/mol. The molecule has 1 saturated carbocycles. The summed E-state index contributed by atoms with van der Waals surface area (Å²) in [5, 5.41) is 14.6. The maximum absolute atomic E-state index is 13.3. The molecule has 1 aromatic rings. The third kappa shape index (κ3) is 3.50. The standard InChI is InChI=1S/C15H20FN3O2/c16-12-5-6-14(15(8-12)19(20)21)18(9-11-3-4-11)10-13-2-1-7-17-13/h5-6,8,11,13,17H,1-4,7,9-10H2. The van der Waals surface area contributed by atoms with Gasteiger partial charge in [0.2, 0.25) is 0 Å². The second-order valence-electron chi connectivity index (χ2n) is 6.03. The minimum atomic E-state index is -0.559. The number of nitro benzene ring substituents is 1. The first-order chi connectivity index (χ1) is 10.1. The Balaban J connectivity index is 1.85. The molecular weight excluding hydrogens is 273 g/mol. The third-order valence-corrected chi connectivity index (χ3v) is 4.25. The van der Waals surface area contributed by atoms with Crippen LogP contribution in [0.15, 0.2) is 18.2 Å². The van der Waals surface area contributed by atoms with E-state index in [0.29, 0.717) is 17.6 Å². The zero-order valence-electron chi connectivity index (χ0n) is 11.9. The van der Waals surface area contributed by atoms with Gasteiger partial charge in [-0.2, -0.15) is 0 Å². The molecule has 6 heteroatoms. The van der Waals surface area contributed by atoms with Crippen molar-refractivity contribution in [3.63, 3.8) is 0 Å². The van der Waals surface area contributed by atoms with E-state index in [1.54, 1.807) is 6.07 Å². The normalized spacial score (nSPS) is 21.5. The van der Waals surface area contributed by atoms with E-state index in [2.05, 4.69) is 10.2 Å². The van der Waals surface area contributed by atoms with Gasteiger partial charge in [0, 0.05) is 19.1 Å². The molecule has 2 aliphatic rings. The van der Waals surface area contributed by atoms with E-state index in [4.69, 9.17) is 0 Å². The van der Waals surface area contributed by atoms with Gasteiger partial charge >= 0.3 is 0 Å². The van der Waals surface area contributed by atoms with E-state index in [-0.39, 0.29) is 5.69 Å². The summed E-state index contributed by atoms with van der Waals surface area (Å²) in [4.78, 5) is 12.8. The van der Waals surface area contributed by atoms with Gasteiger partial charge in [-0.15, -0.1) is 0 Å². The van der Waals surface area contributed by atoms with Crippen molar-refractivity contribution in [2.75, 3.05) is 24.5 Å². The summed E-state index contributed by atoms with van der Waals surface area (Å²) in [5.74, 6) is 0.0619. The first kappa shape index (κ1) is 14.3. The number of hydrogen-bond donors (Lipinski definition) is 1. The van der Waals surface area contributed by atoms with Crippen LogP contribution in [0.2, 0.25) is 0 Å². The molecule has 0 amide bonds. The van der Waals surface area contributed by atoms with Crippen LogP contribution in [0.1, 0.15) is 25.7 Å². The van der Waals surface area contributed by atoms with Crippen molar-refractivity contribution in [3.05, 3.63) is 34.1 Å². The quantitative estimate of drug-likeness (QED) is 0.647. The maximum atomic E-state index is 13.3. The lowest BCUT2D eigenvalue weighted by molar-refractivity contribution is -0.384. The van der Waals surface area contributed by atoms with Crippen molar-refractivity contribution in [2.45, 2.75) is 31.7 Å². The summed E-state index contributed by atoms with van der Waals surface area (Å²) < 4.78 is 13.3. The maximum Gasteiger partial charge on any atom is 0.295 e. The van der Waals surface area contributed by atoms with Crippen molar-refractivity contribution in [2.24, 2.45) is 5.92 Å². The van der Waals surface area contributed by atoms with Crippen LogP contribution in [0.4, 0.5) is 15.8 Å². The van der Waals surface area contributed by atoms with Crippen LogP contribution in [-0.2, 0) is 0 Å². The number of nitro groups is 1. The van der Waals surface area contributed by atoms with Gasteiger partial charge in [0.1, 0.15) is 11.5 Å². The molecule has 1 aromatic carbocycles. The average Bonchev–Trinajstić information content (AvgIpc) is 3.11. The van der Waals surface area contributed by atoms with Crippen molar-refractivity contribution in [3.8, 4) is 0 Å². The smallest absolute Gasteiger partial charge is 0.295 e. The fraction of sp³-hybridized carbons (Fsp3) is 0.600. The van der Waals surface area contributed by atoms with Gasteiger partial charge in [-0.25, -0.2) is 4.39 Å². The van der Waals surface area contributed by atoms with Crippen LogP contribution in [-0.4, -0.2) is 30.6 Å². The van der Waals surface area contributed by atoms with Gasteiger partial charge in [-0.1, -0.05) is 0 Å². The highest BCUT2D eigenvalue weighted by atomic mass is 19.1. The lowest BCUT2D eigenvalue weighted by Gasteiger charge is -2.27. The number of rotatable bonds is 6. The highest BCUT2D eigenvalue weighted by molar-refractivity contribution is 5.63. The monoisotopic (exact) mass is 293 g/mol. The highest BCUT2D eigenvalue weighted by Gasteiger charge is 2.30. The van der Waals surface area contributed by atoms with Crippen LogP contribution in [0, 0.1) is 21.8 Å². The molecule has 1 N–H and O–H groups in total. The van der Waals surface area contributed by atoms with Crippen molar-refractivity contribution in [1.82, 2.24) is 5.32 Å². The minimum Gasteiger partial charge on any atom is -0.364 e. The number of anilines is 1. The summed E-state index contributed by atoms with van der Waals surface area (Å²) >= 11 is 0. The molecule has 1 aliphatic carbocycles. The second kappa shape index (κ2) is 5.97. The van der Waals surface area contributed by atoms with E-state index in [9.17, 15) is 14.5 Å². The van der Waals surface area contributed by atoms with Crippen molar-refractivity contribution < 1.29 is 9.31 Å². The van der Waals surface area contributed by atoms with Gasteiger partial charge in [0.25, 0.3) is 5.69 Å². The molecule has 0 radical (unpaired) electrons. The zero-order chi connectivity index (χ0) is 14.8. The van der Waals surface area contributed by atoms with Crippen LogP contribution in [0.5, 0.6) is 0 Å². The lowest BCUT2D eigenvalue weighted by Crippen LogP contribution is -2.39. The first-order valence-corrected chi connectivity index (χ1v) is 7.56. The Bertz CT molecular complexity index is 528. The molecule has 1 heterocycles. The van der Waals surface area contributed by atoms with Gasteiger partial charge < -0.3 is 10.2 Å². The van der Waals surface area contributed by atoms with Crippen LogP contribution >= 0.6 is 0 Å². The fourth-order valence-corrected chi connectivity index (χ4v) is 2.97. The summed E-state index contributed by atoms with van der Waals surface area (Å²) in [6.45, 7) is 2.58. The van der Waals surface area contributed by atoms with Crippen LogP contribution < -0.4 is 10.2 Å². The fourth-order valence-electron chi connectivity index (χ4n) is 2.97.